The minimum absolute atomic E-state index is 0.0106. The number of piperazine rings is 1. The lowest BCUT2D eigenvalue weighted by Gasteiger charge is -2.42. The van der Waals surface area contributed by atoms with Crippen molar-refractivity contribution < 1.29 is 19.1 Å². The van der Waals surface area contributed by atoms with Gasteiger partial charge in [0.15, 0.2) is 0 Å². The Morgan fingerprint density at radius 2 is 1.78 bits per heavy atom. The standard InChI is InChI=1S/C42H61N7O4S/c1-30-37(26-32-10-4-2-5-11-32)53-42(46-30)48-24-25-49(36(29-48)40(51)45-28-35-19-20-38(54-35)39(44)50)41(52)34(12-6-9-23-47-21-7-3-8-22-47)18-17-31-13-15-33(27-43)16-14-31/h2,4-5,10-11,17-20,30-31,33-34,36-37H,3,6-9,12-16,21-29,43H2,1H3,(H2,44,50)(H,45,51)/b18-17-/t30-,31?,33?,34?,36-,37-/m0/s1. The van der Waals surface area contributed by atoms with Crippen LogP contribution in [0.1, 0.15) is 91.2 Å². The van der Waals surface area contributed by atoms with Crippen LogP contribution in [0.25, 0.3) is 0 Å². The van der Waals surface area contributed by atoms with Crippen LogP contribution in [0.15, 0.2) is 59.6 Å². The van der Waals surface area contributed by atoms with E-state index in [0.29, 0.717) is 35.8 Å². The third-order valence-electron chi connectivity index (χ3n) is 11.8. The molecule has 12 heteroatoms. The average Bonchev–Trinajstić information content (AvgIpc) is 3.84. The summed E-state index contributed by atoms with van der Waals surface area (Å²) in [6.45, 7) is 7.67. The number of ether oxygens (including phenoxy) is 1. The number of hydrogen-bond donors (Lipinski definition) is 3. The summed E-state index contributed by atoms with van der Waals surface area (Å²) in [5.74, 6) is 0.0350. The number of aliphatic imine (C=N–C) groups is 1. The van der Waals surface area contributed by atoms with Gasteiger partial charge in [0.1, 0.15) is 12.1 Å². The van der Waals surface area contributed by atoms with Crippen LogP contribution in [0.5, 0.6) is 0 Å². The van der Waals surface area contributed by atoms with Crippen LogP contribution >= 0.6 is 11.3 Å². The van der Waals surface area contributed by atoms with Crippen LogP contribution in [0.2, 0.25) is 0 Å². The van der Waals surface area contributed by atoms with Crippen molar-refractivity contribution in [2.75, 3.05) is 45.8 Å². The van der Waals surface area contributed by atoms with Gasteiger partial charge >= 0.3 is 0 Å². The Morgan fingerprint density at radius 1 is 1.00 bits per heavy atom. The first-order valence-electron chi connectivity index (χ1n) is 20.4. The maximum Gasteiger partial charge on any atom is 0.288 e. The number of carbonyl (C=O) groups excluding carboxylic acids is 3. The number of rotatable bonds is 15. The molecule has 3 fully saturated rings. The number of amides is 3. The summed E-state index contributed by atoms with van der Waals surface area (Å²) in [7, 11) is 0. The first-order valence-corrected chi connectivity index (χ1v) is 21.2. The summed E-state index contributed by atoms with van der Waals surface area (Å²) < 4.78 is 6.46. The number of nitrogens with two attached hydrogens (primary N) is 2. The molecule has 0 radical (unpaired) electrons. The monoisotopic (exact) mass is 759 g/mol. The molecule has 6 rings (SSSR count). The Kier molecular flexibility index (Phi) is 14.6. The van der Waals surface area contributed by atoms with Crippen LogP contribution in [0.4, 0.5) is 0 Å². The third kappa shape index (κ3) is 10.9. The number of benzene rings is 1. The molecule has 4 atom stereocenters. The molecule has 294 valence electrons. The molecule has 11 nitrogen and oxygen atoms in total. The van der Waals surface area contributed by atoms with Crippen molar-refractivity contribution in [2.24, 2.45) is 34.2 Å². The maximum atomic E-state index is 14.7. The van der Waals surface area contributed by atoms with Gasteiger partial charge in [-0.2, -0.15) is 0 Å². The predicted molar refractivity (Wildman–Crippen MR) is 215 cm³/mol. The summed E-state index contributed by atoms with van der Waals surface area (Å²) >= 11 is 1.27. The van der Waals surface area contributed by atoms with E-state index in [1.165, 1.54) is 49.3 Å². The average molecular weight is 760 g/mol. The van der Waals surface area contributed by atoms with Gasteiger partial charge < -0.3 is 36.2 Å². The van der Waals surface area contributed by atoms with Crippen molar-refractivity contribution in [3.05, 3.63) is 69.9 Å². The number of carbonyl (C=O) groups is 3. The van der Waals surface area contributed by atoms with E-state index in [1.54, 1.807) is 11.0 Å². The van der Waals surface area contributed by atoms with Crippen molar-refractivity contribution in [3.8, 4) is 0 Å². The number of hydrogen-bond acceptors (Lipinski definition) is 9. The summed E-state index contributed by atoms with van der Waals surface area (Å²) in [6, 6.07) is 13.5. The quantitative estimate of drug-likeness (QED) is 0.172. The van der Waals surface area contributed by atoms with E-state index in [2.05, 4.69) is 41.4 Å². The third-order valence-corrected chi connectivity index (χ3v) is 12.9. The van der Waals surface area contributed by atoms with Gasteiger partial charge in [-0.05, 0) is 114 Å². The van der Waals surface area contributed by atoms with Gasteiger partial charge in [0.2, 0.25) is 11.8 Å². The fraction of sp³-hybridized carbons (Fsp3) is 0.619. The number of amidine groups is 1. The number of unbranched alkanes of at least 4 members (excludes halogenated alkanes) is 1. The van der Waals surface area contributed by atoms with E-state index in [4.69, 9.17) is 21.2 Å². The molecule has 0 bridgehead atoms. The molecule has 4 aliphatic rings. The first-order chi connectivity index (χ1) is 26.3. The van der Waals surface area contributed by atoms with Crippen LogP contribution in [-0.4, -0.2) is 102 Å². The molecule has 1 aromatic carbocycles. The van der Waals surface area contributed by atoms with Crippen LogP contribution in [0.3, 0.4) is 0 Å². The predicted octanol–water partition coefficient (Wildman–Crippen LogP) is 4.96. The van der Waals surface area contributed by atoms with Crippen LogP contribution in [-0.2, 0) is 27.3 Å². The number of nitrogens with one attached hydrogen (secondary N) is 1. The molecule has 0 spiro atoms. The van der Waals surface area contributed by atoms with Crippen LogP contribution < -0.4 is 16.8 Å². The second-order valence-electron chi connectivity index (χ2n) is 15.7. The van der Waals surface area contributed by atoms with E-state index in [0.717, 1.165) is 69.3 Å². The summed E-state index contributed by atoms with van der Waals surface area (Å²) in [5, 5.41) is 3.07. The molecule has 2 aromatic rings. The molecule has 3 amide bonds. The SMILES string of the molecule is C[C@@H]1N=C(N2CCN(C(=O)C(/C=C\C3CCC(CN)CC3)CCCCN3CCCCC3)[C@H](C(=O)NCc3ccc(C(N)=O)s3)C2)O[C@H]1Cc1ccccc1. The van der Waals surface area contributed by atoms with Gasteiger partial charge in [-0.1, -0.05) is 55.3 Å². The Hall–Kier alpha value is -3.74. The highest BCUT2D eigenvalue weighted by molar-refractivity contribution is 7.14. The molecule has 1 aromatic heterocycles. The lowest BCUT2D eigenvalue weighted by molar-refractivity contribution is -0.145. The zero-order valence-corrected chi connectivity index (χ0v) is 32.9. The zero-order chi connectivity index (χ0) is 37.9. The molecule has 5 N–H and O–H groups in total. The largest absolute Gasteiger partial charge is 0.459 e. The highest BCUT2D eigenvalue weighted by atomic mass is 32.1. The molecule has 4 heterocycles. The first kappa shape index (κ1) is 39.9. The second kappa shape index (κ2) is 19.7. The second-order valence-corrected chi connectivity index (χ2v) is 16.9. The maximum absolute atomic E-state index is 14.7. The molecular weight excluding hydrogens is 699 g/mol. The van der Waals surface area contributed by atoms with Gasteiger partial charge in [-0.3, -0.25) is 14.4 Å². The number of likely N-dealkylation sites (tertiary alicyclic amines) is 1. The van der Waals surface area contributed by atoms with Crippen molar-refractivity contribution in [3.63, 3.8) is 0 Å². The lowest BCUT2D eigenvalue weighted by Crippen LogP contribution is -2.62. The molecule has 54 heavy (non-hydrogen) atoms. The van der Waals surface area contributed by atoms with E-state index in [1.807, 2.05) is 29.2 Å². The van der Waals surface area contributed by atoms with Gasteiger partial charge in [0.25, 0.3) is 11.9 Å². The molecule has 3 aliphatic heterocycles. The smallest absolute Gasteiger partial charge is 0.288 e. The van der Waals surface area contributed by atoms with Gasteiger partial charge in [-0.15, -0.1) is 11.3 Å². The summed E-state index contributed by atoms with van der Waals surface area (Å²) in [6.07, 6.45) is 16.2. The Balaban J connectivity index is 1.16. The fourth-order valence-corrected chi connectivity index (χ4v) is 9.18. The Bertz CT molecular complexity index is 1580. The minimum Gasteiger partial charge on any atom is -0.459 e. The summed E-state index contributed by atoms with van der Waals surface area (Å²) in [4.78, 5) is 53.1. The highest BCUT2D eigenvalue weighted by Crippen LogP contribution is 2.30. The number of primary amides is 1. The lowest BCUT2D eigenvalue weighted by atomic mass is 9.81. The van der Waals surface area contributed by atoms with Crippen molar-refractivity contribution in [1.82, 2.24) is 20.0 Å². The number of nitrogens with zero attached hydrogens (tertiary/aromatic N) is 4. The Morgan fingerprint density at radius 3 is 2.50 bits per heavy atom. The number of allylic oxidation sites excluding steroid dienone is 1. The molecule has 1 saturated carbocycles. The summed E-state index contributed by atoms with van der Waals surface area (Å²) in [5.41, 5.74) is 12.6. The van der Waals surface area contributed by atoms with E-state index in [9.17, 15) is 14.4 Å². The zero-order valence-electron chi connectivity index (χ0n) is 32.1. The van der Waals surface area contributed by atoms with E-state index < -0.39 is 11.9 Å². The van der Waals surface area contributed by atoms with Crippen molar-refractivity contribution in [1.29, 1.82) is 0 Å². The topological polar surface area (TPSA) is 147 Å². The molecule has 1 unspecified atom stereocenters. The van der Waals surface area contributed by atoms with Crippen LogP contribution in [0, 0.1) is 17.8 Å². The van der Waals surface area contributed by atoms with E-state index in [-0.39, 0.29) is 43.0 Å². The molecular formula is C42H61N7O4S. The fourth-order valence-electron chi connectivity index (χ4n) is 8.38. The van der Waals surface area contributed by atoms with Crippen molar-refractivity contribution >= 4 is 35.1 Å². The van der Waals surface area contributed by atoms with Crippen molar-refractivity contribution in [2.45, 2.75) is 102 Å². The normalized spacial score (nSPS) is 25.7. The minimum atomic E-state index is -0.735. The van der Waals surface area contributed by atoms with E-state index >= 15 is 0 Å². The highest BCUT2D eigenvalue weighted by Gasteiger charge is 2.41. The Labute approximate surface area is 325 Å². The number of thiophene rings is 1. The number of piperidine rings is 1. The van der Waals surface area contributed by atoms with Gasteiger partial charge in [0.05, 0.1) is 29.9 Å². The van der Waals surface area contributed by atoms with Gasteiger partial charge in [-0.25, -0.2) is 4.99 Å². The molecule has 2 saturated heterocycles. The van der Waals surface area contributed by atoms with Gasteiger partial charge in [0, 0.05) is 24.4 Å². The molecule has 1 aliphatic carbocycles.